The fraction of sp³-hybridized carbons (Fsp3) is 0.0784. The van der Waals surface area contributed by atoms with Gasteiger partial charge >= 0.3 is 0 Å². The number of furan rings is 1. The Morgan fingerprint density at radius 1 is 0.589 bits per heavy atom. The molecule has 0 bridgehead atoms. The van der Waals surface area contributed by atoms with Crippen LogP contribution in [0.4, 0.5) is 0 Å². The van der Waals surface area contributed by atoms with E-state index in [2.05, 4.69) is 185 Å². The Morgan fingerprint density at radius 2 is 1.25 bits per heavy atom. The minimum Gasteiger partial charge on any atom is -0.454 e. The van der Waals surface area contributed by atoms with Gasteiger partial charge in [0, 0.05) is 21.5 Å². The maximum absolute atomic E-state index is 7.04. The van der Waals surface area contributed by atoms with Gasteiger partial charge in [-0.05, 0) is 98.3 Å². The molecule has 0 amide bonds. The van der Waals surface area contributed by atoms with Crippen molar-refractivity contribution in [2.75, 3.05) is 0 Å². The standard InChI is InChI=1S/C51H36N4O/c1-3-15-33(16-4-1)49-52-50(34-17-5-2-6-18-34)54-51(53-49)37-28-41-40-27-35-19-7-8-20-36(35)30-45(40)56-48(41)44(29-37)55-42-25-23-31-13-9-11-21-38(31)46(42)47-39-22-12-10-14-32(39)24-26-43(47)55/h1-5,7-17,19-30,49,51,53H,6,18H2,(H,52,54). The molecule has 1 aliphatic heterocycles. The van der Waals surface area contributed by atoms with Crippen molar-refractivity contribution in [1.82, 2.24) is 15.2 Å². The number of nitrogens with zero attached hydrogens (tertiary/aromatic N) is 2. The van der Waals surface area contributed by atoms with Gasteiger partial charge in [-0.1, -0.05) is 133 Å². The van der Waals surface area contributed by atoms with E-state index in [-0.39, 0.29) is 12.3 Å². The number of rotatable bonds is 4. The lowest BCUT2D eigenvalue weighted by Gasteiger charge is -2.33. The summed E-state index contributed by atoms with van der Waals surface area (Å²) in [5.41, 5.74) is 8.51. The van der Waals surface area contributed by atoms with Crippen LogP contribution in [0, 0.1) is 0 Å². The number of aliphatic imine (C=N–C) groups is 1. The molecule has 56 heavy (non-hydrogen) atoms. The van der Waals surface area contributed by atoms with Crippen LogP contribution >= 0.6 is 0 Å². The van der Waals surface area contributed by atoms with Crippen molar-refractivity contribution in [3.05, 3.63) is 187 Å². The molecule has 2 atom stereocenters. The SMILES string of the molecule is C1=CCCC(C2=NC(c3ccccc3)NC(c3cc(-n4c5ccc6ccccc6c5c5c6ccccc6ccc54)c4oc5cc6ccccc6cc5c4c3)N2)=C1. The van der Waals surface area contributed by atoms with E-state index >= 15 is 0 Å². The Labute approximate surface area is 322 Å². The van der Waals surface area contributed by atoms with Crippen LogP contribution in [-0.4, -0.2) is 10.4 Å². The van der Waals surface area contributed by atoms with Crippen LogP contribution in [0.15, 0.2) is 185 Å². The third kappa shape index (κ3) is 4.81. The minimum absolute atomic E-state index is 0.223. The summed E-state index contributed by atoms with van der Waals surface area (Å²) in [5, 5.41) is 19.7. The largest absolute Gasteiger partial charge is 0.454 e. The molecule has 5 nitrogen and oxygen atoms in total. The van der Waals surface area contributed by atoms with E-state index in [9.17, 15) is 0 Å². The zero-order chi connectivity index (χ0) is 36.7. The molecule has 0 spiro atoms. The predicted molar refractivity (Wildman–Crippen MR) is 233 cm³/mol. The van der Waals surface area contributed by atoms with Crippen molar-refractivity contribution < 1.29 is 4.42 Å². The van der Waals surface area contributed by atoms with Gasteiger partial charge in [0.05, 0.1) is 16.7 Å². The Kier molecular flexibility index (Phi) is 6.89. The maximum atomic E-state index is 7.04. The Bertz CT molecular complexity index is 3240. The van der Waals surface area contributed by atoms with Gasteiger partial charge in [0.25, 0.3) is 0 Å². The summed E-state index contributed by atoms with van der Waals surface area (Å²) in [6.45, 7) is 0. The van der Waals surface area contributed by atoms with Crippen molar-refractivity contribution in [2.24, 2.45) is 4.99 Å². The van der Waals surface area contributed by atoms with Crippen molar-refractivity contribution >= 4 is 81.9 Å². The number of hydrogen-bond acceptors (Lipinski definition) is 4. The number of aromatic nitrogens is 1. The van der Waals surface area contributed by atoms with E-state index in [0.717, 1.165) is 73.8 Å². The fourth-order valence-electron chi connectivity index (χ4n) is 9.21. The topological polar surface area (TPSA) is 54.5 Å². The van der Waals surface area contributed by atoms with Crippen molar-refractivity contribution in [1.29, 1.82) is 0 Å². The lowest BCUT2D eigenvalue weighted by molar-refractivity contribution is 0.408. The van der Waals surface area contributed by atoms with Gasteiger partial charge in [0.15, 0.2) is 5.58 Å². The molecule has 0 saturated heterocycles. The molecule has 10 aromatic rings. The van der Waals surface area contributed by atoms with E-state index in [1.807, 2.05) is 0 Å². The summed E-state index contributed by atoms with van der Waals surface area (Å²) in [5.74, 6) is 0.937. The molecule has 3 heterocycles. The minimum atomic E-state index is -0.234. The molecular weight excluding hydrogens is 685 g/mol. The van der Waals surface area contributed by atoms with Crippen LogP contribution in [0.2, 0.25) is 0 Å². The summed E-state index contributed by atoms with van der Waals surface area (Å²) in [7, 11) is 0. The molecule has 2 aliphatic rings. The molecule has 5 heteroatoms. The molecule has 0 radical (unpaired) electrons. The summed E-state index contributed by atoms with van der Waals surface area (Å²) >= 11 is 0. The molecule has 1 aliphatic carbocycles. The first-order valence-electron chi connectivity index (χ1n) is 19.5. The average Bonchev–Trinajstić information content (AvgIpc) is 3.81. The zero-order valence-electron chi connectivity index (χ0n) is 30.5. The molecule has 0 saturated carbocycles. The molecule has 266 valence electrons. The second-order valence-electron chi connectivity index (χ2n) is 15.1. The van der Waals surface area contributed by atoms with E-state index in [4.69, 9.17) is 9.41 Å². The third-order valence-electron chi connectivity index (χ3n) is 11.9. The van der Waals surface area contributed by atoms with Gasteiger partial charge in [-0.3, -0.25) is 5.32 Å². The van der Waals surface area contributed by atoms with E-state index in [0.29, 0.717) is 0 Å². The van der Waals surface area contributed by atoms with E-state index in [1.54, 1.807) is 0 Å². The maximum Gasteiger partial charge on any atom is 0.159 e. The fourth-order valence-corrected chi connectivity index (χ4v) is 9.21. The number of amidine groups is 1. The monoisotopic (exact) mass is 720 g/mol. The normalized spacial score (nSPS) is 17.4. The Balaban J connectivity index is 1.17. The van der Waals surface area contributed by atoms with E-state index in [1.165, 1.54) is 43.3 Å². The zero-order valence-corrected chi connectivity index (χ0v) is 30.5. The molecule has 2 N–H and O–H groups in total. The first-order valence-corrected chi connectivity index (χ1v) is 19.5. The Hall–Kier alpha value is -6.95. The van der Waals surface area contributed by atoms with Crippen LogP contribution in [-0.2, 0) is 0 Å². The predicted octanol–water partition coefficient (Wildman–Crippen LogP) is 12.7. The van der Waals surface area contributed by atoms with Crippen LogP contribution < -0.4 is 10.6 Å². The molecule has 0 fully saturated rings. The molecule has 2 aromatic heterocycles. The van der Waals surface area contributed by atoms with Crippen LogP contribution in [0.1, 0.15) is 36.3 Å². The van der Waals surface area contributed by atoms with Crippen molar-refractivity contribution in [2.45, 2.75) is 25.2 Å². The van der Waals surface area contributed by atoms with Gasteiger partial charge in [-0.15, -0.1) is 0 Å². The molecule has 12 rings (SSSR count). The summed E-state index contributed by atoms with van der Waals surface area (Å²) in [4.78, 5) is 5.27. The number of fused-ring (bicyclic) bond motifs is 11. The average molecular weight is 721 g/mol. The smallest absolute Gasteiger partial charge is 0.159 e. The number of allylic oxidation sites excluding steroid dienone is 3. The lowest BCUT2D eigenvalue weighted by atomic mass is 10.00. The highest BCUT2D eigenvalue weighted by Gasteiger charge is 2.29. The van der Waals surface area contributed by atoms with Crippen LogP contribution in [0.25, 0.3) is 81.7 Å². The third-order valence-corrected chi connectivity index (χ3v) is 11.9. The highest BCUT2D eigenvalue weighted by molar-refractivity contribution is 6.29. The van der Waals surface area contributed by atoms with Crippen molar-refractivity contribution in [3.63, 3.8) is 0 Å². The highest BCUT2D eigenvalue weighted by Crippen LogP contribution is 2.44. The summed E-state index contributed by atoms with van der Waals surface area (Å²) in [6, 6.07) is 54.8. The summed E-state index contributed by atoms with van der Waals surface area (Å²) in [6.07, 6.45) is 8.08. The number of benzene rings is 8. The van der Waals surface area contributed by atoms with Gasteiger partial charge in [0.1, 0.15) is 23.8 Å². The van der Waals surface area contributed by atoms with Crippen molar-refractivity contribution in [3.8, 4) is 5.69 Å². The van der Waals surface area contributed by atoms with Gasteiger partial charge in [-0.2, -0.15) is 0 Å². The van der Waals surface area contributed by atoms with Gasteiger partial charge in [0.2, 0.25) is 0 Å². The van der Waals surface area contributed by atoms with Gasteiger partial charge < -0.3 is 14.3 Å². The first kappa shape index (κ1) is 31.4. The lowest BCUT2D eigenvalue weighted by Crippen LogP contribution is -2.45. The number of hydrogen-bond donors (Lipinski definition) is 2. The van der Waals surface area contributed by atoms with E-state index < -0.39 is 0 Å². The Morgan fingerprint density at radius 3 is 1.95 bits per heavy atom. The molecular formula is C51H36N4O. The molecule has 8 aromatic carbocycles. The number of nitrogens with one attached hydrogen (secondary N) is 2. The second-order valence-corrected chi connectivity index (χ2v) is 15.1. The van der Waals surface area contributed by atoms with Gasteiger partial charge in [-0.25, -0.2) is 4.99 Å². The van der Waals surface area contributed by atoms with Crippen LogP contribution in [0.3, 0.4) is 0 Å². The summed E-state index contributed by atoms with van der Waals surface area (Å²) < 4.78 is 9.48. The molecule has 2 unspecified atom stereocenters. The quantitative estimate of drug-likeness (QED) is 0.190. The first-order chi connectivity index (χ1) is 27.7. The second kappa shape index (κ2) is 12.3. The van der Waals surface area contributed by atoms with Crippen LogP contribution in [0.5, 0.6) is 0 Å². The highest BCUT2D eigenvalue weighted by atomic mass is 16.3.